The molecule has 0 fully saturated rings. The number of carbonyl (C=O) groups is 1. The molecule has 1 heterocycles. The number of benzene rings is 2. The molecule has 3 aromatic rings. The van der Waals surface area contributed by atoms with Crippen LogP contribution in [0.25, 0.3) is 10.9 Å². The molecular weight excluding hydrogens is 418 g/mol. The summed E-state index contributed by atoms with van der Waals surface area (Å²) in [6.45, 7) is 7.82. The molecule has 0 bridgehead atoms. The number of amides is 1. The van der Waals surface area contributed by atoms with Gasteiger partial charge >= 0.3 is 0 Å². The van der Waals surface area contributed by atoms with Gasteiger partial charge in [-0.1, -0.05) is 63.6 Å². The van der Waals surface area contributed by atoms with Crippen molar-refractivity contribution in [3.8, 4) is 0 Å². The lowest BCUT2D eigenvalue weighted by atomic mass is 9.86. The number of hydrogen-bond acceptors (Lipinski definition) is 3. The number of carbonyl (C=O) groups excluding carboxylic acids is 1. The van der Waals surface area contributed by atoms with Gasteiger partial charge in [0.15, 0.2) is 4.77 Å². The Hall–Kier alpha value is -2.73. The van der Waals surface area contributed by atoms with Crippen LogP contribution in [0.5, 0.6) is 0 Å². The molecule has 5 nitrogen and oxygen atoms in total. The van der Waals surface area contributed by atoms with Crippen molar-refractivity contribution in [2.75, 3.05) is 6.54 Å². The Morgan fingerprint density at radius 3 is 2.47 bits per heavy atom. The number of nitrogens with one attached hydrogen (secondary N) is 2. The summed E-state index contributed by atoms with van der Waals surface area (Å²) in [7, 11) is 0. The second-order valence-corrected chi connectivity index (χ2v) is 9.68. The highest BCUT2D eigenvalue weighted by molar-refractivity contribution is 7.71. The second kappa shape index (κ2) is 10.7. The normalized spacial score (nSPS) is 11.6. The Morgan fingerprint density at radius 2 is 1.75 bits per heavy atom. The van der Waals surface area contributed by atoms with Gasteiger partial charge in [-0.3, -0.25) is 14.2 Å². The molecule has 0 radical (unpaired) electrons. The molecule has 2 aromatic carbocycles. The van der Waals surface area contributed by atoms with E-state index in [1.54, 1.807) is 4.57 Å². The van der Waals surface area contributed by atoms with E-state index in [4.69, 9.17) is 12.2 Å². The summed E-state index contributed by atoms with van der Waals surface area (Å²) in [5.41, 5.74) is 3.41. The van der Waals surface area contributed by atoms with Crippen LogP contribution in [-0.2, 0) is 23.2 Å². The fourth-order valence-corrected chi connectivity index (χ4v) is 4.02. The number of rotatable bonds is 9. The first-order chi connectivity index (χ1) is 15.3. The highest BCUT2D eigenvalue weighted by Gasteiger charge is 2.12. The third-order valence-corrected chi connectivity index (χ3v) is 6.05. The van der Waals surface area contributed by atoms with Crippen LogP contribution in [0.3, 0.4) is 0 Å². The fraction of sp³-hybridized carbons (Fsp3) is 0.423. The van der Waals surface area contributed by atoms with Gasteiger partial charge in [0, 0.05) is 19.5 Å². The minimum atomic E-state index is -0.0578. The van der Waals surface area contributed by atoms with Crippen molar-refractivity contribution in [2.45, 2.75) is 64.8 Å². The van der Waals surface area contributed by atoms with Crippen LogP contribution in [0.15, 0.2) is 53.3 Å². The maximum absolute atomic E-state index is 12.6. The predicted molar refractivity (Wildman–Crippen MR) is 134 cm³/mol. The van der Waals surface area contributed by atoms with Crippen LogP contribution in [-0.4, -0.2) is 22.0 Å². The lowest BCUT2D eigenvalue weighted by Gasteiger charge is -2.19. The van der Waals surface area contributed by atoms with Gasteiger partial charge in [0.25, 0.3) is 5.56 Å². The van der Waals surface area contributed by atoms with Crippen molar-refractivity contribution < 1.29 is 4.79 Å². The smallest absolute Gasteiger partial charge is 0.262 e. The van der Waals surface area contributed by atoms with Gasteiger partial charge in [-0.25, -0.2) is 0 Å². The van der Waals surface area contributed by atoms with E-state index in [0.717, 1.165) is 31.2 Å². The Kier molecular flexibility index (Phi) is 8.02. The Bertz CT molecular complexity index is 1170. The van der Waals surface area contributed by atoms with Gasteiger partial charge < -0.3 is 10.3 Å². The molecule has 6 heteroatoms. The quantitative estimate of drug-likeness (QED) is 0.344. The third kappa shape index (κ3) is 6.39. The summed E-state index contributed by atoms with van der Waals surface area (Å²) in [6, 6.07) is 16.0. The highest BCUT2D eigenvalue weighted by atomic mass is 32.1. The van der Waals surface area contributed by atoms with E-state index in [1.165, 1.54) is 11.1 Å². The molecule has 0 aliphatic rings. The number of nitrogens with zero attached hydrogens (tertiary/aromatic N) is 1. The first-order valence-corrected chi connectivity index (χ1v) is 11.7. The van der Waals surface area contributed by atoms with E-state index in [9.17, 15) is 9.59 Å². The highest BCUT2D eigenvalue weighted by Crippen LogP contribution is 2.22. The van der Waals surface area contributed by atoms with Crippen molar-refractivity contribution in [1.29, 1.82) is 0 Å². The molecular formula is C26H33N3O2S. The van der Waals surface area contributed by atoms with Gasteiger partial charge in [0.05, 0.1) is 10.9 Å². The molecule has 0 atom stereocenters. The van der Waals surface area contributed by atoms with Crippen molar-refractivity contribution >= 4 is 29.0 Å². The third-order valence-electron chi connectivity index (χ3n) is 5.73. The molecule has 1 aromatic heterocycles. The largest absolute Gasteiger partial charge is 0.356 e. The lowest BCUT2D eigenvalue weighted by molar-refractivity contribution is -0.121. The maximum atomic E-state index is 12.6. The van der Waals surface area contributed by atoms with Crippen LogP contribution < -0.4 is 10.9 Å². The summed E-state index contributed by atoms with van der Waals surface area (Å²) >= 11 is 5.34. The zero-order valence-corrected chi connectivity index (χ0v) is 20.1. The van der Waals surface area contributed by atoms with Crippen LogP contribution in [0.1, 0.15) is 57.6 Å². The summed E-state index contributed by atoms with van der Waals surface area (Å²) in [5.74, 6) is 0.0801. The van der Waals surface area contributed by atoms with Crippen molar-refractivity contribution in [3.63, 3.8) is 0 Å². The fourth-order valence-electron chi connectivity index (χ4n) is 3.74. The summed E-state index contributed by atoms with van der Waals surface area (Å²) < 4.78 is 2.06. The van der Waals surface area contributed by atoms with Gasteiger partial charge in [-0.15, -0.1) is 0 Å². The Labute approximate surface area is 194 Å². The predicted octanol–water partition coefficient (Wildman–Crippen LogP) is 5.28. The van der Waals surface area contributed by atoms with E-state index >= 15 is 0 Å². The summed E-state index contributed by atoms with van der Waals surface area (Å²) in [4.78, 5) is 27.9. The molecule has 0 spiro atoms. The first kappa shape index (κ1) is 23.9. The van der Waals surface area contributed by atoms with Gasteiger partial charge in [-0.05, 0) is 60.2 Å². The molecule has 0 aliphatic carbocycles. The zero-order chi connectivity index (χ0) is 23.1. The molecule has 2 N–H and O–H groups in total. The average Bonchev–Trinajstić information content (AvgIpc) is 2.75. The number of para-hydroxylation sites is 1. The van der Waals surface area contributed by atoms with E-state index in [1.807, 2.05) is 24.3 Å². The molecule has 0 aliphatic heterocycles. The maximum Gasteiger partial charge on any atom is 0.262 e. The molecule has 3 rings (SSSR count). The minimum absolute atomic E-state index is 0.0578. The number of hydrogen-bond donors (Lipinski definition) is 2. The van der Waals surface area contributed by atoms with E-state index < -0.39 is 0 Å². The van der Waals surface area contributed by atoms with Crippen LogP contribution in [0.4, 0.5) is 0 Å². The van der Waals surface area contributed by atoms with Crippen molar-refractivity contribution in [1.82, 2.24) is 14.9 Å². The molecule has 170 valence electrons. The Balaban J connectivity index is 1.37. The number of aromatic nitrogens is 2. The van der Waals surface area contributed by atoms with Gasteiger partial charge in [0.2, 0.25) is 5.91 Å². The Morgan fingerprint density at radius 1 is 1.03 bits per heavy atom. The second-order valence-electron chi connectivity index (χ2n) is 9.29. The topological polar surface area (TPSA) is 66.9 Å². The van der Waals surface area contributed by atoms with Crippen molar-refractivity contribution in [2.24, 2.45) is 0 Å². The van der Waals surface area contributed by atoms with Crippen molar-refractivity contribution in [3.05, 3.63) is 74.8 Å². The van der Waals surface area contributed by atoms with E-state index in [2.05, 4.69) is 55.3 Å². The SMILES string of the molecule is CC(C)(C)c1ccc(CCNC(=O)CCCCCn2c(=S)[nH]c3ccccc3c2=O)cc1. The molecule has 0 saturated heterocycles. The number of fused-ring (bicyclic) bond motifs is 1. The first-order valence-electron chi connectivity index (χ1n) is 11.3. The van der Waals surface area contributed by atoms with E-state index in [-0.39, 0.29) is 16.9 Å². The van der Waals surface area contributed by atoms with Crippen LogP contribution in [0, 0.1) is 4.77 Å². The summed E-state index contributed by atoms with van der Waals surface area (Å²) in [6.07, 6.45) is 3.81. The molecule has 0 saturated carbocycles. The molecule has 1 amide bonds. The number of H-pyrrole nitrogens is 1. The standard InChI is InChI=1S/C26H33N3O2S/c1-26(2,3)20-14-12-19(13-15-20)16-17-27-23(30)11-5-4-8-18-29-24(31)21-9-6-7-10-22(21)28-25(29)32/h6-7,9-10,12-15H,4-5,8,11,16-18H2,1-3H3,(H,27,30)(H,28,32). The average molecular weight is 452 g/mol. The van der Waals surface area contributed by atoms with Gasteiger partial charge in [0.1, 0.15) is 0 Å². The van der Waals surface area contributed by atoms with Crippen LogP contribution in [0.2, 0.25) is 0 Å². The summed E-state index contributed by atoms with van der Waals surface area (Å²) in [5, 5.41) is 3.65. The van der Waals surface area contributed by atoms with Gasteiger partial charge in [-0.2, -0.15) is 0 Å². The zero-order valence-electron chi connectivity index (χ0n) is 19.2. The minimum Gasteiger partial charge on any atom is -0.356 e. The number of unbranched alkanes of at least 4 members (excludes halogenated alkanes) is 2. The molecule has 32 heavy (non-hydrogen) atoms. The van der Waals surface area contributed by atoms with E-state index in [0.29, 0.717) is 29.7 Å². The number of aromatic amines is 1. The van der Waals surface area contributed by atoms with Crippen LogP contribution >= 0.6 is 12.2 Å². The monoisotopic (exact) mass is 451 g/mol. The molecule has 0 unspecified atom stereocenters. The lowest BCUT2D eigenvalue weighted by Crippen LogP contribution is -2.25.